The summed E-state index contributed by atoms with van der Waals surface area (Å²) in [5.41, 5.74) is 1.03. The second kappa shape index (κ2) is 12.6. The summed E-state index contributed by atoms with van der Waals surface area (Å²) in [6.45, 7) is 5.02. The second-order valence-electron chi connectivity index (χ2n) is 10.5. The first-order valence-corrected chi connectivity index (χ1v) is 15.0. The summed E-state index contributed by atoms with van der Waals surface area (Å²) in [5, 5.41) is 14.6. The number of amides is 2. The molecule has 3 N–H and O–H groups in total. The minimum absolute atomic E-state index is 0.0560. The molecule has 4 aromatic rings. The van der Waals surface area contributed by atoms with Gasteiger partial charge >= 0.3 is 12.1 Å². The molecular formula is C33H29F3N2O6S. The van der Waals surface area contributed by atoms with E-state index in [1.54, 1.807) is 19.9 Å². The molecule has 1 unspecified atom stereocenters. The van der Waals surface area contributed by atoms with Gasteiger partial charge in [-0.1, -0.05) is 36.4 Å². The summed E-state index contributed by atoms with van der Waals surface area (Å²) in [6.07, 6.45) is -4.61. The first-order valence-electron chi connectivity index (χ1n) is 13.5. The van der Waals surface area contributed by atoms with E-state index in [1.165, 1.54) is 62.5 Å². The molecule has 4 aromatic carbocycles. The lowest BCUT2D eigenvalue weighted by atomic mass is 9.88. The molecule has 0 aliphatic heterocycles. The van der Waals surface area contributed by atoms with Crippen LogP contribution in [0.3, 0.4) is 0 Å². The molecule has 0 spiro atoms. The molecule has 8 nitrogen and oxygen atoms in total. The van der Waals surface area contributed by atoms with Crippen LogP contribution in [0.15, 0.2) is 88.7 Å². The predicted octanol–water partition coefficient (Wildman–Crippen LogP) is 6.45. The number of nitrogens with one attached hydrogen (secondary N) is 2. The normalized spacial score (nSPS) is 12.3. The van der Waals surface area contributed by atoms with E-state index in [1.807, 2.05) is 0 Å². The lowest BCUT2D eigenvalue weighted by Crippen LogP contribution is -2.22. The summed E-state index contributed by atoms with van der Waals surface area (Å²) in [7, 11) is -2.92. The molecule has 0 radical (unpaired) electrons. The zero-order valence-electron chi connectivity index (χ0n) is 24.6. The summed E-state index contributed by atoms with van der Waals surface area (Å²) in [5.74, 6) is -4.94. The number of sulfone groups is 1. The number of carboxylic acids is 1. The lowest BCUT2D eigenvalue weighted by molar-refractivity contribution is -0.141. The number of carboxylic acid groups (broad SMARTS) is 1. The summed E-state index contributed by atoms with van der Waals surface area (Å²) in [4.78, 5) is 36.7. The SMILES string of the molecule is CNC(=O)c1cccc(S(=O)(=O)c2ccc(C(=O)O)c(C(=O)Nc3ccc(C(c4ccc(C)c(C)c4)C(F)(F)F)cc3C)c2)c1. The number of carbonyl (C=O) groups excluding carboxylic acids is 2. The first-order chi connectivity index (χ1) is 21.0. The van der Waals surface area contributed by atoms with Gasteiger partial charge in [0.1, 0.15) is 5.92 Å². The highest BCUT2D eigenvalue weighted by Crippen LogP contribution is 2.41. The monoisotopic (exact) mass is 638 g/mol. The fraction of sp³-hybridized carbons (Fsp3) is 0.182. The van der Waals surface area contributed by atoms with Gasteiger partial charge in [0.2, 0.25) is 9.84 Å². The molecule has 4 rings (SSSR count). The maximum absolute atomic E-state index is 14.2. The molecule has 234 valence electrons. The fourth-order valence-corrected chi connectivity index (χ4v) is 6.19. The van der Waals surface area contributed by atoms with E-state index in [2.05, 4.69) is 10.6 Å². The molecule has 0 aliphatic rings. The van der Waals surface area contributed by atoms with Crippen LogP contribution >= 0.6 is 0 Å². The average molecular weight is 639 g/mol. The van der Waals surface area contributed by atoms with Gasteiger partial charge in [0, 0.05) is 18.3 Å². The zero-order valence-corrected chi connectivity index (χ0v) is 25.4. The first kappa shape index (κ1) is 32.9. The number of hydrogen-bond acceptors (Lipinski definition) is 5. The Morgan fingerprint density at radius 3 is 1.93 bits per heavy atom. The van der Waals surface area contributed by atoms with Crippen molar-refractivity contribution in [3.8, 4) is 0 Å². The van der Waals surface area contributed by atoms with Crippen LogP contribution in [0.4, 0.5) is 18.9 Å². The third-order valence-corrected chi connectivity index (χ3v) is 9.18. The number of aryl methyl sites for hydroxylation is 3. The summed E-state index contributed by atoms with van der Waals surface area (Å²) in [6, 6.07) is 16.4. The number of aromatic carboxylic acids is 1. The Balaban J connectivity index is 1.70. The van der Waals surface area contributed by atoms with Gasteiger partial charge in [0.25, 0.3) is 11.8 Å². The van der Waals surface area contributed by atoms with E-state index in [4.69, 9.17) is 0 Å². The Morgan fingerprint density at radius 2 is 1.36 bits per heavy atom. The van der Waals surface area contributed by atoms with Gasteiger partial charge in [0.15, 0.2) is 0 Å². The van der Waals surface area contributed by atoms with Gasteiger partial charge in [-0.3, -0.25) is 9.59 Å². The van der Waals surface area contributed by atoms with E-state index in [-0.39, 0.29) is 32.8 Å². The van der Waals surface area contributed by atoms with Crippen molar-refractivity contribution in [2.75, 3.05) is 12.4 Å². The van der Waals surface area contributed by atoms with Crippen molar-refractivity contribution in [3.05, 3.63) is 123 Å². The molecule has 0 heterocycles. The average Bonchev–Trinajstić information content (AvgIpc) is 2.98. The zero-order chi connectivity index (χ0) is 33.3. The fourth-order valence-electron chi connectivity index (χ4n) is 4.86. The minimum Gasteiger partial charge on any atom is -0.478 e. The van der Waals surface area contributed by atoms with Crippen LogP contribution in [-0.2, 0) is 9.84 Å². The van der Waals surface area contributed by atoms with Gasteiger partial charge in [0.05, 0.1) is 20.9 Å². The van der Waals surface area contributed by atoms with Crippen LogP contribution in [-0.4, -0.2) is 44.5 Å². The van der Waals surface area contributed by atoms with Crippen molar-refractivity contribution in [1.29, 1.82) is 0 Å². The highest BCUT2D eigenvalue weighted by atomic mass is 32.2. The number of anilines is 1. The molecule has 2 amide bonds. The Hall–Kier alpha value is -4.97. The molecule has 0 aliphatic carbocycles. The number of benzene rings is 4. The van der Waals surface area contributed by atoms with Crippen LogP contribution in [0.5, 0.6) is 0 Å². The quantitative estimate of drug-likeness (QED) is 0.204. The topological polar surface area (TPSA) is 130 Å². The summed E-state index contributed by atoms with van der Waals surface area (Å²) < 4.78 is 69.6. The molecule has 1 atom stereocenters. The second-order valence-corrected chi connectivity index (χ2v) is 12.4. The Kier molecular flexibility index (Phi) is 9.19. The van der Waals surface area contributed by atoms with Crippen molar-refractivity contribution in [2.45, 2.75) is 42.7 Å². The third kappa shape index (κ3) is 6.91. The van der Waals surface area contributed by atoms with Crippen LogP contribution in [0.25, 0.3) is 0 Å². The largest absolute Gasteiger partial charge is 0.478 e. The molecular weight excluding hydrogens is 609 g/mol. The van der Waals surface area contributed by atoms with Crippen LogP contribution in [0.1, 0.15) is 64.8 Å². The van der Waals surface area contributed by atoms with Crippen LogP contribution < -0.4 is 10.6 Å². The number of rotatable bonds is 8. The van der Waals surface area contributed by atoms with E-state index in [9.17, 15) is 41.1 Å². The van der Waals surface area contributed by atoms with Gasteiger partial charge in [-0.25, -0.2) is 13.2 Å². The molecule has 0 fully saturated rings. The van der Waals surface area contributed by atoms with E-state index in [0.717, 1.165) is 29.8 Å². The summed E-state index contributed by atoms with van der Waals surface area (Å²) >= 11 is 0. The Morgan fingerprint density at radius 1 is 0.733 bits per heavy atom. The molecule has 45 heavy (non-hydrogen) atoms. The standard InChI is InChI=1S/C33H29F3N2O6S/c1-18-8-9-21(14-19(18)2)29(33(34,35)36)22-10-13-28(20(3)15-22)38-31(40)27-17-25(11-12-26(27)32(41)42)45(43,44)24-7-5-6-23(16-24)30(39)37-4/h5-17,29H,1-4H3,(H,37,39)(H,38,40)(H,41,42). The van der Waals surface area contributed by atoms with Crippen molar-refractivity contribution >= 4 is 33.3 Å². The third-order valence-electron chi connectivity index (χ3n) is 7.43. The Labute approximate surface area is 257 Å². The predicted molar refractivity (Wildman–Crippen MR) is 162 cm³/mol. The van der Waals surface area contributed by atoms with E-state index >= 15 is 0 Å². The maximum atomic E-state index is 14.2. The van der Waals surface area contributed by atoms with E-state index < -0.39 is 55.7 Å². The van der Waals surface area contributed by atoms with Gasteiger partial charge in [-0.15, -0.1) is 0 Å². The number of carbonyl (C=O) groups is 3. The smallest absolute Gasteiger partial charge is 0.399 e. The lowest BCUT2D eigenvalue weighted by Gasteiger charge is -2.23. The molecule has 0 saturated carbocycles. The number of alkyl halides is 3. The van der Waals surface area contributed by atoms with Crippen molar-refractivity contribution in [2.24, 2.45) is 0 Å². The molecule has 0 saturated heterocycles. The highest BCUT2D eigenvalue weighted by molar-refractivity contribution is 7.91. The van der Waals surface area contributed by atoms with Crippen molar-refractivity contribution in [1.82, 2.24) is 5.32 Å². The highest BCUT2D eigenvalue weighted by Gasteiger charge is 2.42. The number of hydrogen-bond donors (Lipinski definition) is 3. The van der Waals surface area contributed by atoms with Crippen molar-refractivity contribution in [3.63, 3.8) is 0 Å². The molecule has 0 bridgehead atoms. The maximum Gasteiger partial charge on any atom is 0.399 e. The minimum atomic E-state index is -4.61. The Bertz CT molecular complexity index is 1940. The van der Waals surface area contributed by atoms with Gasteiger partial charge in [-0.2, -0.15) is 13.2 Å². The van der Waals surface area contributed by atoms with Crippen LogP contribution in [0.2, 0.25) is 0 Å². The molecule has 12 heteroatoms. The van der Waals surface area contributed by atoms with Crippen molar-refractivity contribution < 1.29 is 41.1 Å². The van der Waals surface area contributed by atoms with Gasteiger partial charge in [-0.05, 0) is 91.1 Å². The number of halogens is 3. The van der Waals surface area contributed by atoms with Crippen LogP contribution in [0, 0.1) is 20.8 Å². The molecule has 0 aromatic heterocycles. The van der Waals surface area contributed by atoms with E-state index in [0.29, 0.717) is 5.56 Å². The van der Waals surface area contributed by atoms with Gasteiger partial charge < -0.3 is 15.7 Å².